The Morgan fingerprint density at radius 1 is 0.615 bits per heavy atom. The van der Waals surface area contributed by atoms with Gasteiger partial charge in [0.05, 0.1) is 39.3 Å². The molecule has 0 bridgehead atoms. The van der Waals surface area contributed by atoms with E-state index in [1.54, 1.807) is 5.96 Å². The fourth-order valence-electron chi connectivity index (χ4n) is 3.71. The molecule has 0 unspecified atom stereocenters. The molecule has 3 nitrogen and oxygen atoms in total. The van der Waals surface area contributed by atoms with Gasteiger partial charge in [0.25, 0.3) is 0 Å². The molecule has 1 aliphatic heterocycles. The summed E-state index contributed by atoms with van der Waals surface area (Å²) >= 11 is 0. The standard InChI is InChI=1S/C22H46N3.ClH/c1-5-9-16-23(17-10-6-2)22(25-20-14-13-15-21-25)24(18-11-7-3)19-12-8-4;/h5-21H2,1-4H3;1H/q+1;/p-1. The number of nitrogens with zero attached hydrogens (tertiary/aromatic N) is 3. The fourth-order valence-corrected chi connectivity index (χ4v) is 3.71. The molecule has 0 N–H and O–H groups in total. The van der Waals surface area contributed by atoms with Crippen molar-refractivity contribution >= 4 is 5.96 Å². The number of unbranched alkanes of at least 4 members (excludes halogenated alkanes) is 4. The van der Waals surface area contributed by atoms with E-state index in [0.717, 1.165) is 0 Å². The molecule has 0 atom stereocenters. The zero-order valence-corrected chi connectivity index (χ0v) is 19.0. The van der Waals surface area contributed by atoms with Crippen LogP contribution in [0, 0.1) is 0 Å². The van der Waals surface area contributed by atoms with Crippen molar-refractivity contribution in [1.82, 2.24) is 9.80 Å². The Balaban J connectivity index is 0.00000625. The molecule has 0 aromatic heterocycles. The van der Waals surface area contributed by atoms with Crippen molar-refractivity contribution in [3.8, 4) is 0 Å². The minimum Gasteiger partial charge on any atom is -1.00 e. The van der Waals surface area contributed by atoms with E-state index in [1.807, 2.05) is 0 Å². The van der Waals surface area contributed by atoms with Gasteiger partial charge < -0.3 is 12.4 Å². The lowest BCUT2D eigenvalue weighted by Gasteiger charge is -2.32. The number of halogens is 1. The fraction of sp³-hybridized carbons (Fsp3) is 0.955. The predicted molar refractivity (Wildman–Crippen MR) is 112 cm³/mol. The number of hydrogen-bond donors (Lipinski definition) is 0. The topological polar surface area (TPSA) is 9.49 Å². The van der Waals surface area contributed by atoms with Crippen molar-refractivity contribution < 1.29 is 17.0 Å². The third-order valence-electron chi connectivity index (χ3n) is 5.33. The number of piperidine rings is 1. The van der Waals surface area contributed by atoms with E-state index >= 15 is 0 Å². The predicted octanol–water partition coefficient (Wildman–Crippen LogP) is 2.35. The van der Waals surface area contributed by atoms with Crippen LogP contribution >= 0.6 is 0 Å². The zero-order chi connectivity index (χ0) is 18.3. The first kappa shape index (κ1) is 25.6. The van der Waals surface area contributed by atoms with Crippen LogP contribution in [0.4, 0.5) is 0 Å². The van der Waals surface area contributed by atoms with Crippen molar-refractivity contribution in [2.24, 2.45) is 0 Å². The molecule has 4 heteroatoms. The second-order valence-corrected chi connectivity index (χ2v) is 7.74. The van der Waals surface area contributed by atoms with Gasteiger partial charge in [-0.3, -0.25) is 14.4 Å². The first-order chi connectivity index (χ1) is 12.3. The lowest BCUT2D eigenvalue weighted by atomic mass is 10.1. The lowest BCUT2D eigenvalue weighted by molar-refractivity contribution is -0.547. The molecule has 1 aliphatic rings. The van der Waals surface area contributed by atoms with Gasteiger partial charge in [-0.15, -0.1) is 0 Å². The van der Waals surface area contributed by atoms with Crippen LogP contribution in [0.3, 0.4) is 0 Å². The molecule has 0 saturated carbocycles. The minimum absolute atomic E-state index is 0. The Morgan fingerprint density at radius 2 is 0.962 bits per heavy atom. The molecule has 0 aromatic rings. The molecule has 1 rings (SSSR count). The van der Waals surface area contributed by atoms with Gasteiger partial charge in [-0.25, -0.2) is 0 Å². The molecule has 0 amide bonds. The van der Waals surface area contributed by atoms with E-state index in [9.17, 15) is 0 Å². The van der Waals surface area contributed by atoms with Crippen LogP contribution in [0.5, 0.6) is 0 Å². The van der Waals surface area contributed by atoms with Crippen LogP contribution in [0.1, 0.15) is 98.3 Å². The highest BCUT2D eigenvalue weighted by atomic mass is 35.5. The largest absolute Gasteiger partial charge is 1.00 e. The van der Waals surface area contributed by atoms with Crippen LogP contribution in [0.15, 0.2) is 0 Å². The third-order valence-corrected chi connectivity index (χ3v) is 5.33. The molecule has 1 saturated heterocycles. The number of hydrogen-bond acceptors (Lipinski definition) is 0. The highest BCUT2D eigenvalue weighted by Crippen LogP contribution is 2.12. The van der Waals surface area contributed by atoms with E-state index in [2.05, 4.69) is 42.1 Å². The molecular formula is C22H46ClN3. The zero-order valence-electron chi connectivity index (χ0n) is 18.2. The molecule has 0 radical (unpaired) electrons. The summed E-state index contributed by atoms with van der Waals surface area (Å²) in [5, 5.41) is 0. The first-order valence-electron chi connectivity index (χ1n) is 11.4. The van der Waals surface area contributed by atoms with E-state index < -0.39 is 0 Å². The molecule has 156 valence electrons. The molecular weight excluding hydrogens is 342 g/mol. The second kappa shape index (κ2) is 16.7. The van der Waals surface area contributed by atoms with Gasteiger partial charge in [-0.1, -0.05) is 53.4 Å². The second-order valence-electron chi connectivity index (χ2n) is 7.74. The van der Waals surface area contributed by atoms with E-state index in [0.29, 0.717) is 0 Å². The molecule has 26 heavy (non-hydrogen) atoms. The maximum atomic E-state index is 2.75. The summed E-state index contributed by atoms with van der Waals surface area (Å²) in [4.78, 5) is 5.51. The van der Waals surface area contributed by atoms with Crippen molar-refractivity contribution in [2.75, 3.05) is 39.3 Å². The first-order valence-corrected chi connectivity index (χ1v) is 11.4. The Kier molecular flexibility index (Phi) is 16.4. The van der Waals surface area contributed by atoms with Crippen LogP contribution < -0.4 is 12.4 Å². The monoisotopic (exact) mass is 387 g/mol. The summed E-state index contributed by atoms with van der Waals surface area (Å²) in [6.45, 7) is 16.8. The van der Waals surface area contributed by atoms with Crippen LogP contribution in [0.2, 0.25) is 0 Å². The Labute approximate surface area is 170 Å². The summed E-state index contributed by atoms with van der Waals surface area (Å²) < 4.78 is 2.74. The van der Waals surface area contributed by atoms with Crippen molar-refractivity contribution in [1.29, 1.82) is 0 Å². The maximum absolute atomic E-state index is 2.75. The minimum atomic E-state index is 0. The molecule has 0 spiro atoms. The summed E-state index contributed by atoms with van der Waals surface area (Å²) in [5.41, 5.74) is 0. The molecule has 0 aliphatic carbocycles. The quantitative estimate of drug-likeness (QED) is 0.375. The highest BCUT2D eigenvalue weighted by Gasteiger charge is 2.29. The van der Waals surface area contributed by atoms with Crippen molar-refractivity contribution in [2.45, 2.75) is 98.3 Å². The average molecular weight is 388 g/mol. The van der Waals surface area contributed by atoms with Crippen molar-refractivity contribution in [3.05, 3.63) is 0 Å². The van der Waals surface area contributed by atoms with Gasteiger partial charge in [-0.05, 0) is 44.9 Å². The lowest BCUT2D eigenvalue weighted by Crippen LogP contribution is -3.00. The third kappa shape index (κ3) is 9.48. The van der Waals surface area contributed by atoms with E-state index in [4.69, 9.17) is 0 Å². The SMILES string of the molecule is CCCCN(CCCC)C(N(CCCC)CCCC)=[N+]1CCCCC1.[Cl-]. The molecule has 1 fully saturated rings. The van der Waals surface area contributed by atoms with Gasteiger partial charge in [-0.2, -0.15) is 0 Å². The Morgan fingerprint density at radius 3 is 1.27 bits per heavy atom. The van der Waals surface area contributed by atoms with Crippen LogP contribution in [0.25, 0.3) is 0 Å². The van der Waals surface area contributed by atoms with Gasteiger partial charge in [0.2, 0.25) is 0 Å². The van der Waals surface area contributed by atoms with Gasteiger partial charge >= 0.3 is 5.96 Å². The summed E-state index contributed by atoms with van der Waals surface area (Å²) in [6, 6.07) is 0. The van der Waals surface area contributed by atoms with Gasteiger partial charge in [0, 0.05) is 0 Å². The van der Waals surface area contributed by atoms with E-state index in [1.165, 1.54) is 110 Å². The maximum Gasteiger partial charge on any atom is 0.350 e. The molecule has 0 aromatic carbocycles. The average Bonchev–Trinajstić information content (AvgIpc) is 2.66. The van der Waals surface area contributed by atoms with Crippen molar-refractivity contribution in [3.63, 3.8) is 0 Å². The summed E-state index contributed by atoms with van der Waals surface area (Å²) in [6.07, 6.45) is 14.6. The van der Waals surface area contributed by atoms with Crippen LogP contribution in [-0.4, -0.2) is 59.6 Å². The Hall–Kier alpha value is -0.440. The van der Waals surface area contributed by atoms with Gasteiger partial charge in [0.1, 0.15) is 0 Å². The highest BCUT2D eigenvalue weighted by molar-refractivity contribution is 5.75. The molecule has 1 heterocycles. The number of guanidine groups is 1. The normalized spacial score (nSPS) is 14.1. The summed E-state index contributed by atoms with van der Waals surface area (Å²) in [5.74, 6) is 1.59. The smallest absolute Gasteiger partial charge is 0.350 e. The Bertz CT molecular complexity index is 311. The van der Waals surface area contributed by atoms with Gasteiger partial charge in [0.15, 0.2) is 0 Å². The van der Waals surface area contributed by atoms with E-state index in [-0.39, 0.29) is 12.4 Å². The number of rotatable bonds is 12. The summed E-state index contributed by atoms with van der Waals surface area (Å²) in [7, 11) is 0. The van der Waals surface area contributed by atoms with Crippen LogP contribution in [-0.2, 0) is 0 Å².